The van der Waals surface area contributed by atoms with Crippen molar-refractivity contribution in [3.05, 3.63) is 0 Å². The van der Waals surface area contributed by atoms with Crippen molar-refractivity contribution in [1.82, 2.24) is 15.5 Å². The van der Waals surface area contributed by atoms with Crippen molar-refractivity contribution in [1.29, 1.82) is 0 Å². The van der Waals surface area contributed by atoms with Crippen LogP contribution in [-0.2, 0) is 4.79 Å². The molecule has 1 unspecified atom stereocenters. The van der Waals surface area contributed by atoms with Gasteiger partial charge in [0, 0.05) is 26.1 Å². The Morgan fingerprint density at radius 3 is 2.88 bits per heavy atom. The number of hydrogen-bond donors (Lipinski definition) is 2. The minimum absolute atomic E-state index is 0.0729. The number of piperidine rings is 1. The van der Waals surface area contributed by atoms with E-state index in [-0.39, 0.29) is 5.91 Å². The molecule has 2 N–H and O–H groups in total. The maximum absolute atomic E-state index is 10.8. The van der Waals surface area contributed by atoms with Gasteiger partial charge in [0.2, 0.25) is 5.91 Å². The van der Waals surface area contributed by atoms with E-state index in [0.717, 1.165) is 19.6 Å². The van der Waals surface area contributed by atoms with Crippen molar-refractivity contribution in [2.75, 3.05) is 33.2 Å². The van der Waals surface area contributed by atoms with Gasteiger partial charge >= 0.3 is 0 Å². The molecule has 0 bridgehead atoms. The molecule has 1 rings (SSSR count). The van der Waals surface area contributed by atoms with Crippen LogP contribution in [0.5, 0.6) is 0 Å². The minimum atomic E-state index is 0.0729. The zero-order chi connectivity index (χ0) is 11.8. The monoisotopic (exact) mass is 227 g/mol. The minimum Gasteiger partial charge on any atom is -0.355 e. The summed E-state index contributed by atoms with van der Waals surface area (Å²) < 4.78 is 0. The van der Waals surface area contributed by atoms with E-state index in [1.54, 1.807) is 6.92 Å². The molecule has 0 aromatic heterocycles. The molecule has 16 heavy (non-hydrogen) atoms. The van der Waals surface area contributed by atoms with E-state index in [1.165, 1.54) is 32.2 Å². The highest BCUT2D eigenvalue weighted by Crippen LogP contribution is 2.18. The van der Waals surface area contributed by atoms with Crippen molar-refractivity contribution in [3.63, 3.8) is 0 Å². The second-order valence-corrected chi connectivity index (χ2v) is 4.56. The molecule has 4 nitrogen and oxygen atoms in total. The lowest BCUT2D eigenvalue weighted by Gasteiger charge is -2.35. The average Bonchev–Trinajstić information content (AvgIpc) is 2.27. The molecule has 1 heterocycles. The van der Waals surface area contributed by atoms with Crippen LogP contribution in [0.25, 0.3) is 0 Å². The second kappa shape index (κ2) is 7.63. The lowest BCUT2D eigenvalue weighted by Crippen LogP contribution is -2.44. The zero-order valence-corrected chi connectivity index (χ0v) is 10.6. The largest absolute Gasteiger partial charge is 0.355 e. The average molecular weight is 227 g/mol. The van der Waals surface area contributed by atoms with Crippen molar-refractivity contribution >= 4 is 5.91 Å². The topological polar surface area (TPSA) is 44.4 Å². The third-order valence-electron chi connectivity index (χ3n) is 3.25. The van der Waals surface area contributed by atoms with Gasteiger partial charge in [-0.3, -0.25) is 9.69 Å². The number of amides is 1. The number of carbonyl (C=O) groups is 1. The summed E-state index contributed by atoms with van der Waals surface area (Å²) >= 11 is 0. The molecule has 1 atom stereocenters. The lowest BCUT2D eigenvalue weighted by molar-refractivity contribution is -0.119. The highest BCUT2D eigenvalue weighted by molar-refractivity contribution is 5.72. The van der Waals surface area contributed by atoms with E-state index < -0.39 is 0 Å². The second-order valence-electron chi connectivity index (χ2n) is 4.56. The molecule has 0 saturated carbocycles. The van der Waals surface area contributed by atoms with Crippen LogP contribution in [0.15, 0.2) is 0 Å². The molecule has 0 spiro atoms. The Morgan fingerprint density at radius 2 is 2.19 bits per heavy atom. The summed E-state index contributed by atoms with van der Waals surface area (Å²) in [6.45, 7) is 5.63. The van der Waals surface area contributed by atoms with E-state index in [4.69, 9.17) is 0 Å². The maximum atomic E-state index is 10.8. The first-order chi connectivity index (χ1) is 7.74. The molecule has 1 amide bonds. The number of rotatable bonds is 6. The van der Waals surface area contributed by atoms with Gasteiger partial charge in [-0.05, 0) is 39.4 Å². The molecule has 1 fully saturated rings. The summed E-state index contributed by atoms with van der Waals surface area (Å²) in [5.74, 6) is 0.0729. The van der Waals surface area contributed by atoms with Crippen LogP contribution >= 0.6 is 0 Å². The fraction of sp³-hybridized carbons (Fsp3) is 0.917. The normalized spacial score (nSPS) is 22.0. The van der Waals surface area contributed by atoms with Crippen LogP contribution in [0, 0.1) is 0 Å². The van der Waals surface area contributed by atoms with Crippen LogP contribution in [0.1, 0.15) is 32.6 Å². The highest BCUT2D eigenvalue weighted by Gasteiger charge is 2.21. The summed E-state index contributed by atoms with van der Waals surface area (Å²) in [6, 6.07) is 0.704. The SMILES string of the molecule is CNCCC1CCCCN1CCNC(C)=O. The molecule has 1 saturated heterocycles. The van der Waals surface area contributed by atoms with Gasteiger partial charge in [-0.25, -0.2) is 0 Å². The molecule has 0 aromatic rings. The number of likely N-dealkylation sites (tertiary alicyclic amines) is 1. The standard InChI is InChI=1S/C12H25N3O/c1-11(16)14-8-10-15-9-4-3-5-12(15)6-7-13-2/h12-13H,3-10H2,1-2H3,(H,14,16). The van der Waals surface area contributed by atoms with Crippen LogP contribution in [-0.4, -0.2) is 50.1 Å². The predicted molar refractivity (Wildman–Crippen MR) is 66.4 cm³/mol. The van der Waals surface area contributed by atoms with Gasteiger partial charge in [0.05, 0.1) is 0 Å². The number of carbonyl (C=O) groups excluding carboxylic acids is 1. The smallest absolute Gasteiger partial charge is 0.216 e. The Hall–Kier alpha value is -0.610. The van der Waals surface area contributed by atoms with Crippen LogP contribution in [0.4, 0.5) is 0 Å². The fourth-order valence-electron chi connectivity index (χ4n) is 2.37. The lowest BCUT2D eigenvalue weighted by atomic mass is 9.99. The van der Waals surface area contributed by atoms with E-state index in [2.05, 4.69) is 15.5 Å². The van der Waals surface area contributed by atoms with E-state index >= 15 is 0 Å². The van der Waals surface area contributed by atoms with Gasteiger partial charge in [-0.15, -0.1) is 0 Å². The van der Waals surface area contributed by atoms with Gasteiger partial charge in [0.1, 0.15) is 0 Å². The van der Waals surface area contributed by atoms with Crippen molar-refractivity contribution in [3.8, 4) is 0 Å². The highest BCUT2D eigenvalue weighted by atomic mass is 16.1. The number of nitrogens with zero attached hydrogens (tertiary/aromatic N) is 1. The third-order valence-corrected chi connectivity index (χ3v) is 3.25. The fourth-order valence-corrected chi connectivity index (χ4v) is 2.37. The summed E-state index contributed by atoms with van der Waals surface area (Å²) in [5.41, 5.74) is 0. The first-order valence-corrected chi connectivity index (χ1v) is 6.37. The third kappa shape index (κ3) is 4.94. The predicted octanol–water partition coefficient (Wildman–Crippen LogP) is 0.587. The Kier molecular flexibility index (Phi) is 6.42. The Labute approximate surface area is 98.8 Å². The first kappa shape index (κ1) is 13.5. The van der Waals surface area contributed by atoms with Gasteiger partial charge in [0.25, 0.3) is 0 Å². The quantitative estimate of drug-likeness (QED) is 0.698. The van der Waals surface area contributed by atoms with Crippen LogP contribution in [0.2, 0.25) is 0 Å². The van der Waals surface area contributed by atoms with E-state index in [0.29, 0.717) is 6.04 Å². The molecule has 1 aliphatic rings. The first-order valence-electron chi connectivity index (χ1n) is 6.37. The van der Waals surface area contributed by atoms with E-state index in [9.17, 15) is 4.79 Å². The van der Waals surface area contributed by atoms with Crippen molar-refractivity contribution < 1.29 is 4.79 Å². The molecule has 4 heteroatoms. The van der Waals surface area contributed by atoms with Crippen molar-refractivity contribution in [2.24, 2.45) is 0 Å². The number of hydrogen-bond acceptors (Lipinski definition) is 3. The molecule has 1 aliphatic heterocycles. The van der Waals surface area contributed by atoms with Crippen LogP contribution in [0.3, 0.4) is 0 Å². The van der Waals surface area contributed by atoms with Gasteiger partial charge in [-0.2, -0.15) is 0 Å². The Morgan fingerprint density at radius 1 is 1.38 bits per heavy atom. The molecule has 0 aromatic carbocycles. The van der Waals surface area contributed by atoms with Crippen molar-refractivity contribution in [2.45, 2.75) is 38.6 Å². The molecule has 0 aliphatic carbocycles. The molecular weight excluding hydrogens is 202 g/mol. The summed E-state index contributed by atoms with van der Waals surface area (Å²) in [5, 5.41) is 6.09. The summed E-state index contributed by atoms with van der Waals surface area (Å²) in [4.78, 5) is 13.3. The van der Waals surface area contributed by atoms with Gasteiger partial charge in [0.15, 0.2) is 0 Å². The number of nitrogens with one attached hydrogen (secondary N) is 2. The Bertz CT molecular complexity index is 208. The van der Waals surface area contributed by atoms with Gasteiger partial charge in [-0.1, -0.05) is 6.42 Å². The van der Waals surface area contributed by atoms with E-state index in [1.807, 2.05) is 7.05 Å². The van der Waals surface area contributed by atoms with Crippen LogP contribution < -0.4 is 10.6 Å². The maximum Gasteiger partial charge on any atom is 0.216 e. The molecule has 0 radical (unpaired) electrons. The zero-order valence-electron chi connectivity index (χ0n) is 10.6. The summed E-state index contributed by atoms with van der Waals surface area (Å²) in [6.07, 6.45) is 5.18. The molecular formula is C12H25N3O. The Balaban J connectivity index is 2.26. The van der Waals surface area contributed by atoms with Gasteiger partial charge < -0.3 is 10.6 Å². The molecule has 94 valence electrons. The summed E-state index contributed by atoms with van der Waals surface area (Å²) in [7, 11) is 2.00.